The van der Waals surface area contributed by atoms with Crippen LogP contribution in [-0.4, -0.2) is 29.9 Å². The van der Waals surface area contributed by atoms with Crippen molar-refractivity contribution in [3.8, 4) is 0 Å². The molecule has 5 heteroatoms. The first-order chi connectivity index (χ1) is 8.66. The summed E-state index contributed by atoms with van der Waals surface area (Å²) in [4.78, 5) is 15.4. The number of likely N-dealkylation sites (tertiary alicyclic amines) is 1. The van der Waals surface area contributed by atoms with Crippen LogP contribution in [0.1, 0.15) is 31.1 Å². The Balaban J connectivity index is 1.79. The molecule has 3 nitrogen and oxygen atoms in total. The second-order valence-corrected chi connectivity index (χ2v) is 6.63. The summed E-state index contributed by atoms with van der Waals surface area (Å²) in [5, 5.41) is 5.37. The van der Waals surface area contributed by atoms with Gasteiger partial charge in [-0.3, -0.25) is 4.79 Å². The number of thiophene rings is 1. The summed E-state index contributed by atoms with van der Waals surface area (Å²) in [5.41, 5.74) is 0. The zero-order valence-electron chi connectivity index (χ0n) is 10.6. The fraction of sp³-hybridized carbons (Fsp3) is 0.615. The maximum Gasteiger partial charge on any atom is 0.239 e. The second-order valence-electron chi connectivity index (χ2n) is 4.72. The monoisotopic (exact) mass is 330 g/mol. The largest absolute Gasteiger partial charge is 0.341 e. The van der Waals surface area contributed by atoms with Crippen LogP contribution in [0.3, 0.4) is 0 Å². The lowest BCUT2D eigenvalue weighted by atomic mass is 10.1. The Morgan fingerprint density at radius 2 is 2.22 bits per heavy atom. The quantitative estimate of drug-likeness (QED) is 0.920. The molecule has 18 heavy (non-hydrogen) atoms. The Morgan fingerprint density at radius 1 is 1.50 bits per heavy atom. The lowest BCUT2D eigenvalue weighted by Crippen LogP contribution is -2.46. The molecule has 0 aromatic carbocycles. The summed E-state index contributed by atoms with van der Waals surface area (Å²) in [7, 11) is 0. The summed E-state index contributed by atoms with van der Waals surface area (Å²) in [6.07, 6.45) is 3.56. The van der Waals surface area contributed by atoms with E-state index in [1.165, 1.54) is 11.3 Å². The average molecular weight is 331 g/mol. The minimum Gasteiger partial charge on any atom is -0.341 e. The highest BCUT2D eigenvalue weighted by atomic mass is 79.9. The van der Waals surface area contributed by atoms with Crippen molar-refractivity contribution in [3.05, 3.63) is 20.8 Å². The lowest BCUT2D eigenvalue weighted by Gasteiger charge is -2.29. The van der Waals surface area contributed by atoms with Crippen LogP contribution in [0, 0.1) is 0 Å². The molecule has 0 aliphatic carbocycles. The Kier molecular flexibility index (Phi) is 5.21. The Labute approximate surface area is 121 Å². The van der Waals surface area contributed by atoms with Crippen molar-refractivity contribution in [2.24, 2.45) is 0 Å². The summed E-state index contributed by atoms with van der Waals surface area (Å²) in [5.74, 6) is 0.241. The van der Waals surface area contributed by atoms with Crippen molar-refractivity contribution in [1.29, 1.82) is 0 Å². The number of carbonyl (C=O) groups is 1. The molecule has 0 saturated carbocycles. The van der Waals surface area contributed by atoms with Crippen LogP contribution in [-0.2, 0) is 11.3 Å². The van der Waals surface area contributed by atoms with E-state index >= 15 is 0 Å². The van der Waals surface area contributed by atoms with Gasteiger partial charge in [-0.15, -0.1) is 11.3 Å². The standard InChI is InChI=1S/C13H19BrN2OS/c1-10(13(17)16-5-3-2-4-6-16)15-8-12-7-11(14)9-18-12/h7,9-10,15H,2-6,8H2,1H3. The molecule has 1 aliphatic heterocycles. The maximum atomic E-state index is 12.2. The third-order valence-electron chi connectivity index (χ3n) is 3.24. The number of halogens is 1. The average Bonchev–Trinajstić information content (AvgIpc) is 2.82. The molecule has 1 fully saturated rings. The SMILES string of the molecule is CC(NCc1cc(Br)cs1)C(=O)N1CCCCC1. The van der Waals surface area contributed by atoms with Crippen LogP contribution in [0.15, 0.2) is 15.9 Å². The number of carbonyl (C=O) groups excluding carboxylic acids is 1. The van der Waals surface area contributed by atoms with Crippen molar-refractivity contribution >= 4 is 33.2 Å². The van der Waals surface area contributed by atoms with Crippen LogP contribution in [0.4, 0.5) is 0 Å². The van der Waals surface area contributed by atoms with Crippen LogP contribution >= 0.6 is 27.3 Å². The highest BCUT2D eigenvalue weighted by Gasteiger charge is 2.21. The predicted octanol–water partition coefficient (Wildman–Crippen LogP) is 3.00. The number of nitrogens with one attached hydrogen (secondary N) is 1. The van der Waals surface area contributed by atoms with E-state index in [1.54, 1.807) is 11.3 Å². The predicted molar refractivity (Wildman–Crippen MR) is 78.8 cm³/mol. The minimum atomic E-state index is -0.0935. The number of amides is 1. The van der Waals surface area contributed by atoms with Crippen molar-refractivity contribution < 1.29 is 4.79 Å². The molecule has 1 unspecified atom stereocenters. The van der Waals surface area contributed by atoms with E-state index in [0.717, 1.165) is 36.9 Å². The van der Waals surface area contributed by atoms with Crippen molar-refractivity contribution in [2.45, 2.75) is 38.8 Å². The van der Waals surface area contributed by atoms with E-state index < -0.39 is 0 Å². The Morgan fingerprint density at radius 3 is 2.83 bits per heavy atom. The number of hydrogen-bond donors (Lipinski definition) is 1. The van der Waals surface area contributed by atoms with E-state index in [-0.39, 0.29) is 11.9 Å². The fourth-order valence-electron chi connectivity index (χ4n) is 2.18. The Hall–Kier alpha value is -0.390. The summed E-state index contributed by atoms with van der Waals surface area (Å²) in [6.45, 7) is 4.57. The van der Waals surface area contributed by atoms with Gasteiger partial charge in [0.1, 0.15) is 0 Å². The van der Waals surface area contributed by atoms with Gasteiger partial charge in [-0.1, -0.05) is 0 Å². The molecule has 0 spiro atoms. The molecule has 1 aliphatic rings. The number of rotatable bonds is 4. The topological polar surface area (TPSA) is 32.3 Å². The van der Waals surface area contributed by atoms with Gasteiger partial charge in [0, 0.05) is 34.4 Å². The molecule has 1 aromatic heterocycles. The molecule has 1 N–H and O–H groups in total. The molecule has 2 heterocycles. The smallest absolute Gasteiger partial charge is 0.239 e. The van der Waals surface area contributed by atoms with Gasteiger partial charge >= 0.3 is 0 Å². The zero-order valence-corrected chi connectivity index (χ0v) is 13.0. The first-order valence-corrected chi connectivity index (χ1v) is 8.09. The fourth-order valence-corrected chi connectivity index (χ4v) is 3.58. The van der Waals surface area contributed by atoms with Gasteiger partial charge in [-0.25, -0.2) is 0 Å². The highest BCUT2D eigenvalue weighted by molar-refractivity contribution is 9.10. The molecule has 1 aromatic rings. The van der Waals surface area contributed by atoms with Crippen LogP contribution in [0.5, 0.6) is 0 Å². The molecule has 0 bridgehead atoms. The van der Waals surface area contributed by atoms with Gasteiger partial charge in [0.25, 0.3) is 0 Å². The minimum absolute atomic E-state index is 0.0935. The van der Waals surface area contributed by atoms with Gasteiger partial charge < -0.3 is 10.2 Å². The van der Waals surface area contributed by atoms with Crippen molar-refractivity contribution in [3.63, 3.8) is 0 Å². The number of nitrogens with zero attached hydrogens (tertiary/aromatic N) is 1. The molecule has 1 saturated heterocycles. The number of piperidine rings is 1. The molecule has 0 radical (unpaired) electrons. The van der Waals surface area contributed by atoms with Gasteiger partial charge in [-0.05, 0) is 48.2 Å². The Bertz CT molecular complexity index is 401. The summed E-state index contributed by atoms with van der Waals surface area (Å²) >= 11 is 5.14. The third kappa shape index (κ3) is 3.80. The van der Waals surface area contributed by atoms with Crippen molar-refractivity contribution in [1.82, 2.24) is 10.2 Å². The normalized spacial score (nSPS) is 17.8. The molecule has 1 atom stereocenters. The number of hydrogen-bond acceptors (Lipinski definition) is 3. The molecule has 2 rings (SSSR count). The van der Waals surface area contributed by atoms with Crippen LogP contribution in [0.25, 0.3) is 0 Å². The van der Waals surface area contributed by atoms with Crippen LogP contribution in [0.2, 0.25) is 0 Å². The van der Waals surface area contributed by atoms with Gasteiger partial charge in [0.15, 0.2) is 0 Å². The first-order valence-electron chi connectivity index (χ1n) is 6.42. The van der Waals surface area contributed by atoms with E-state index in [4.69, 9.17) is 0 Å². The lowest BCUT2D eigenvalue weighted by molar-refractivity contribution is -0.133. The zero-order chi connectivity index (χ0) is 13.0. The van der Waals surface area contributed by atoms with Gasteiger partial charge in [0.05, 0.1) is 6.04 Å². The van der Waals surface area contributed by atoms with E-state index in [2.05, 4.69) is 32.7 Å². The highest BCUT2D eigenvalue weighted by Crippen LogP contribution is 2.19. The third-order valence-corrected chi connectivity index (χ3v) is 4.94. The van der Waals surface area contributed by atoms with E-state index in [1.807, 2.05) is 11.8 Å². The van der Waals surface area contributed by atoms with Gasteiger partial charge in [0.2, 0.25) is 5.91 Å². The van der Waals surface area contributed by atoms with Crippen LogP contribution < -0.4 is 5.32 Å². The van der Waals surface area contributed by atoms with Crippen molar-refractivity contribution in [2.75, 3.05) is 13.1 Å². The molecule has 100 valence electrons. The maximum absolute atomic E-state index is 12.2. The van der Waals surface area contributed by atoms with E-state index in [0.29, 0.717) is 0 Å². The van der Waals surface area contributed by atoms with E-state index in [9.17, 15) is 4.79 Å². The second kappa shape index (κ2) is 6.68. The summed E-state index contributed by atoms with van der Waals surface area (Å²) < 4.78 is 1.11. The molecule has 1 amide bonds. The first kappa shape index (κ1) is 14.0. The molecular formula is C13H19BrN2OS. The van der Waals surface area contributed by atoms with Gasteiger partial charge in [-0.2, -0.15) is 0 Å². The molecular weight excluding hydrogens is 312 g/mol. The summed E-state index contributed by atoms with van der Waals surface area (Å²) in [6, 6.07) is 2.00.